The number of aromatic nitrogens is 1. The van der Waals surface area contributed by atoms with Crippen LogP contribution in [0.2, 0.25) is 0 Å². The van der Waals surface area contributed by atoms with E-state index in [4.69, 9.17) is 4.52 Å². The van der Waals surface area contributed by atoms with E-state index >= 15 is 0 Å². The van der Waals surface area contributed by atoms with Gasteiger partial charge in [-0.3, -0.25) is 4.79 Å². The SMILES string of the molecule is CCC(=O)NS(=O)(=O)c1ccc(-c2c(C3=CC=CCC3)noc2C)cc1. The number of aryl methyl sites for hydroxylation is 1. The molecule has 1 aliphatic rings. The molecule has 0 fully saturated rings. The smallest absolute Gasteiger partial charge is 0.264 e. The molecule has 0 radical (unpaired) electrons. The van der Waals surface area contributed by atoms with Gasteiger partial charge >= 0.3 is 0 Å². The minimum atomic E-state index is -3.86. The molecule has 2 aromatic rings. The van der Waals surface area contributed by atoms with Crippen LogP contribution in [0.25, 0.3) is 16.7 Å². The molecule has 6 nitrogen and oxygen atoms in total. The highest BCUT2D eigenvalue weighted by molar-refractivity contribution is 7.90. The van der Waals surface area contributed by atoms with Crippen molar-refractivity contribution in [2.45, 2.75) is 38.0 Å². The quantitative estimate of drug-likeness (QED) is 0.866. The lowest BCUT2D eigenvalue weighted by Gasteiger charge is -2.10. The van der Waals surface area contributed by atoms with E-state index in [1.54, 1.807) is 19.1 Å². The number of sulfonamides is 1. The van der Waals surface area contributed by atoms with E-state index in [1.807, 2.05) is 23.8 Å². The zero-order valence-corrected chi connectivity index (χ0v) is 15.5. The van der Waals surface area contributed by atoms with Crippen LogP contribution in [0.1, 0.15) is 37.6 Å². The zero-order valence-electron chi connectivity index (χ0n) is 14.7. The molecule has 0 aliphatic heterocycles. The summed E-state index contributed by atoms with van der Waals surface area (Å²) in [5, 5.41) is 4.18. The summed E-state index contributed by atoms with van der Waals surface area (Å²) in [5.74, 6) is 0.133. The van der Waals surface area contributed by atoms with Gasteiger partial charge in [-0.2, -0.15) is 0 Å². The van der Waals surface area contributed by atoms with Crippen LogP contribution in [0.3, 0.4) is 0 Å². The Balaban J connectivity index is 1.95. The van der Waals surface area contributed by atoms with Gasteiger partial charge in [-0.05, 0) is 43.0 Å². The Hall–Kier alpha value is -2.67. The van der Waals surface area contributed by atoms with Crippen molar-refractivity contribution in [3.05, 3.63) is 53.9 Å². The third kappa shape index (κ3) is 3.62. The van der Waals surface area contributed by atoms with Crippen LogP contribution in [-0.4, -0.2) is 19.5 Å². The van der Waals surface area contributed by atoms with Crippen LogP contribution in [-0.2, 0) is 14.8 Å². The van der Waals surface area contributed by atoms with E-state index in [2.05, 4.69) is 11.2 Å². The first-order valence-electron chi connectivity index (χ1n) is 8.41. The van der Waals surface area contributed by atoms with Crippen molar-refractivity contribution in [1.29, 1.82) is 0 Å². The first-order valence-corrected chi connectivity index (χ1v) is 9.89. The molecule has 1 aliphatic carbocycles. The lowest BCUT2D eigenvalue weighted by molar-refractivity contribution is -0.119. The van der Waals surface area contributed by atoms with E-state index < -0.39 is 15.9 Å². The van der Waals surface area contributed by atoms with Crippen molar-refractivity contribution in [3.8, 4) is 11.1 Å². The van der Waals surface area contributed by atoms with Crippen molar-refractivity contribution >= 4 is 21.5 Å². The minimum absolute atomic E-state index is 0.0403. The maximum absolute atomic E-state index is 12.2. The second kappa shape index (κ2) is 7.29. The number of carbonyl (C=O) groups is 1. The molecule has 0 unspecified atom stereocenters. The van der Waals surface area contributed by atoms with Crippen LogP contribution in [0.4, 0.5) is 0 Å². The summed E-state index contributed by atoms with van der Waals surface area (Å²) in [6.45, 7) is 3.43. The van der Waals surface area contributed by atoms with Crippen molar-refractivity contribution < 1.29 is 17.7 Å². The Bertz CT molecular complexity index is 983. The number of hydrogen-bond donors (Lipinski definition) is 1. The predicted molar refractivity (Wildman–Crippen MR) is 98.6 cm³/mol. The predicted octanol–water partition coefficient (Wildman–Crippen LogP) is 3.60. The molecule has 3 rings (SSSR count). The number of nitrogens with zero attached hydrogens (tertiary/aromatic N) is 1. The molecule has 1 aromatic heterocycles. The van der Waals surface area contributed by atoms with E-state index in [1.165, 1.54) is 12.1 Å². The van der Waals surface area contributed by atoms with Gasteiger partial charge in [-0.15, -0.1) is 0 Å². The maximum Gasteiger partial charge on any atom is 0.264 e. The summed E-state index contributed by atoms with van der Waals surface area (Å²) >= 11 is 0. The molecule has 0 atom stereocenters. The topological polar surface area (TPSA) is 89.3 Å². The highest BCUT2D eigenvalue weighted by atomic mass is 32.2. The molecule has 0 bridgehead atoms. The number of rotatable bonds is 5. The molecular formula is C19H20N2O4S. The lowest BCUT2D eigenvalue weighted by Crippen LogP contribution is -2.29. The molecule has 1 aromatic carbocycles. The summed E-state index contributed by atoms with van der Waals surface area (Å²) in [4.78, 5) is 11.4. The third-order valence-electron chi connectivity index (χ3n) is 4.20. The number of hydrogen-bond acceptors (Lipinski definition) is 5. The summed E-state index contributed by atoms with van der Waals surface area (Å²) in [5.41, 5.74) is 3.54. The number of benzene rings is 1. The molecule has 0 saturated heterocycles. The van der Waals surface area contributed by atoms with E-state index in [0.717, 1.165) is 35.2 Å². The van der Waals surface area contributed by atoms with E-state index in [9.17, 15) is 13.2 Å². The van der Waals surface area contributed by atoms with Gasteiger partial charge in [0.2, 0.25) is 5.91 Å². The standard InChI is InChI=1S/C19H20N2O4S/c1-3-17(22)21-26(23,24)16-11-9-14(10-12-16)18-13(2)25-20-19(18)15-7-5-4-6-8-15/h4-5,7,9-12H,3,6,8H2,1-2H3,(H,21,22). The van der Waals surface area contributed by atoms with Gasteiger partial charge in [0.25, 0.3) is 10.0 Å². The molecule has 1 heterocycles. The molecule has 7 heteroatoms. The van der Waals surface area contributed by atoms with E-state index in [0.29, 0.717) is 5.76 Å². The van der Waals surface area contributed by atoms with E-state index in [-0.39, 0.29) is 11.3 Å². The van der Waals surface area contributed by atoms with Crippen LogP contribution < -0.4 is 4.72 Å². The fourth-order valence-corrected chi connectivity index (χ4v) is 3.87. The first kappa shape index (κ1) is 18.1. The highest BCUT2D eigenvalue weighted by Gasteiger charge is 2.20. The van der Waals surface area contributed by atoms with Crippen LogP contribution in [0.15, 0.2) is 51.9 Å². The Labute approximate surface area is 152 Å². The largest absolute Gasteiger partial charge is 0.360 e. The van der Waals surface area contributed by atoms with Crippen LogP contribution in [0.5, 0.6) is 0 Å². The molecular weight excluding hydrogens is 352 g/mol. The molecule has 1 N–H and O–H groups in total. The molecule has 136 valence electrons. The summed E-state index contributed by atoms with van der Waals surface area (Å²) in [6.07, 6.45) is 8.04. The monoisotopic (exact) mass is 372 g/mol. The minimum Gasteiger partial charge on any atom is -0.360 e. The number of amides is 1. The molecule has 0 spiro atoms. The lowest BCUT2D eigenvalue weighted by atomic mass is 9.95. The van der Waals surface area contributed by atoms with Crippen molar-refractivity contribution in [2.75, 3.05) is 0 Å². The van der Waals surface area contributed by atoms with Gasteiger partial charge in [0.15, 0.2) is 0 Å². The number of carbonyl (C=O) groups excluding carboxylic acids is 1. The van der Waals surface area contributed by atoms with Gasteiger partial charge in [-0.1, -0.05) is 42.4 Å². The second-order valence-electron chi connectivity index (χ2n) is 6.03. The zero-order chi connectivity index (χ0) is 18.7. The van der Waals surface area contributed by atoms with Gasteiger partial charge in [0.1, 0.15) is 11.5 Å². The number of allylic oxidation sites excluding steroid dienone is 4. The Kier molecular flexibility index (Phi) is 5.08. The Morgan fingerprint density at radius 1 is 1.27 bits per heavy atom. The first-order chi connectivity index (χ1) is 12.4. The van der Waals surface area contributed by atoms with Gasteiger partial charge in [0.05, 0.1) is 10.5 Å². The summed E-state index contributed by atoms with van der Waals surface area (Å²) < 4.78 is 31.8. The average molecular weight is 372 g/mol. The van der Waals surface area contributed by atoms with Gasteiger partial charge < -0.3 is 4.52 Å². The summed E-state index contributed by atoms with van der Waals surface area (Å²) in [6, 6.07) is 6.36. The second-order valence-corrected chi connectivity index (χ2v) is 7.71. The van der Waals surface area contributed by atoms with Crippen molar-refractivity contribution in [3.63, 3.8) is 0 Å². The number of nitrogens with one attached hydrogen (secondary N) is 1. The van der Waals surface area contributed by atoms with Gasteiger partial charge in [-0.25, -0.2) is 13.1 Å². The van der Waals surface area contributed by atoms with Crippen LogP contribution >= 0.6 is 0 Å². The Morgan fingerprint density at radius 3 is 2.62 bits per heavy atom. The third-order valence-corrected chi connectivity index (χ3v) is 5.59. The Morgan fingerprint density at radius 2 is 2.00 bits per heavy atom. The summed E-state index contributed by atoms with van der Waals surface area (Å²) in [7, 11) is -3.86. The van der Waals surface area contributed by atoms with Crippen LogP contribution in [0, 0.1) is 6.92 Å². The molecule has 1 amide bonds. The maximum atomic E-state index is 12.2. The van der Waals surface area contributed by atoms with Crippen molar-refractivity contribution in [2.24, 2.45) is 0 Å². The molecule has 0 saturated carbocycles. The van der Waals surface area contributed by atoms with Gasteiger partial charge in [0, 0.05) is 6.42 Å². The normalized spacial score (nSPS) is 14.2. The average Bonchev–Trinajstić information content (AvgIpc) is 3.03. The molecule has 26 heavy (non-hydrogen) atoms. The fraction of sp³-hybridized carbons (Fsp3) is 0.263. The van der Waals surface area contributed by atoms with Crippen molar-refractivity contribution in [1.82, 2.24) is 9.88 Å². The fourth-order valence-electron chi connectivity index (χ4n) is 2.81. The highest BCUT2D eigenvalue weighted by Crippen LogP contribution is 2.34.